The molecule has 0 bridgehead atoms. The smallest absolute Gasteiger partial charge is 0.389 e. The van der Waals surface area contributed by atoms with Gasteiger partial charge < -0.3 is 20.7 Å². The zero-order valence-electron chi connectivity index (χ0n) is 10.7. The molecule has 20 heavy (non-hydrogen) atoms. The van der Waals surface area contributed by atoms with E-state index in [-0.39, 0.29) is 19.2 Å². The lowest BCUT2D eigenvalue weighted by Crippen LogP contribution is -2.62. The number of nitrogens with one attached hydrogen (secondary N) is 1. The predicted molar refractivity (Wildman–Crippen MR) is 67.3 cm³/mol. The standard InChI is InChI=1S/C9H21N3O7P/c10-7-1-2-12(9(14)11-7)8-6(13)3-5(19-8)4-18-20(15,16)17/h5-9,11,13-17H,1-4,10H2/q+1. The Morgan fingerprint density at radius 3 is 2.65 bits per heavy atom. The highest BCUT2D eigenvalue weighted by Crippen LogP contribution is 2.46. The molecule has 2 heterocycles. The normalized spacial score (nSPS) is 40.2. The summed E-state index contributed by atoms with van der Waals surface area (Å²) in [4.78, 5) is 27.7. The van der Waals surface area contributed by atoms with E-state index in [1.165, 1.54) is 4.90 Å². The van der Waals surface area contributed by atoms with Crippen molar-refractivity contribution in [1.29, 1.82) is 0 Å². The van der Waals surface area contributed by atoms with Gasteiger partial charge in [-0.15, -0.1) is 0 Å². The van der Waals surface area contributed by atoms with Crippen LogP contribution in [0.3, 0.4) is 0 Å². The minimum Gasteiger partial charge on any atom is -0.389 e. The Morgan fingerprint density at radius 1 is 1.35 bits per heavy atom. The number of nitrogens with two attached hydrogens (primary N) is 1. The number of aliphatic hydroxyl groups is 2. The van der Waals surface area contributed by atoms with Gasteiger partial charge in [-0.2, -0.15) is 19.2 Å². The van der Waals surface area contributed by atoms with Gasteiger partial charge in [-0.3, -0.25) is 5.32 Å². The molecule has 2 saturated heterocycles. The second-order valence-electron chi connectivity index (χ2n) is 4.93. The molecule has 0 aliphatic carbocycles. The van der Waals surface area contributed by atoms with Crippen LogP contribution in [-0.4, -0.2) is 73.9 Å². The van der Waals surface area contributed by atoms with Crippen molar-refractivity contribution < 1.29 is 34.2 Å². The second-order valence-corrected chi connectivity index (χ2v) is 6.22. The quantitative estimate of drug-likeness (QED) is 0.266. The Kier molecular flexibility index (Phi) is 5.27. The summed E-state index contributed by atoms with van der Waals surface area (Å²) in [6.07, 6.45) is -2.78. The van der Waals surface area contributed by atoms with E-state index in [9.17, 15) is 10.2 Å². The first-order valence-electron chi connectivity index (χ1n) is 6.27. The number of rotatable bonds is 4. The minimum absolute atomic E-state index is 0.194. The fourth-order valence-corrected chi connectivity index (χ4v) is 2.73. The van der Waals surface area contributed by atoms with Crippen LogP contribution in [0.25, 0.3) is 0 Å². The number of hydrogen-bond acceptors (Lipinski definition) is 10. The van der Waals surface area contributed by atoms with Crippen LogP contribution in [0.4, 0.5) is 0 Å². The van der Waals surface area contributed by atoms with Crippen LogP contribution >= 0.6 is 8.17 Å². The Balaban J connectivity index is 1.87. The van der Waals surface area contributed by atoms with E-state index in [1.54, 1.807) is 0 Å². The molecule has 2 aliphatic heterocycles. The van der Waals surface area contributed by atoms with Gasteiger partial charge in [0.1, 0.15) is 12.8 Å². The van der Waals surface area contributed by atoms with Crippen molar-refractivity contribution >= 4 is 8.17 Å². The molecule has 0 aromatic carbocycles. The Labute approximate surface area is 116 Å². The maximum absolute atomic E-state index is 9.95. The molecular formula is C9H21N3O7P+. The van der Waals surface area contributed by atoms with E-state index in [2.05, 4.69) is 9.84 Å². The van der Waals surface area contributed by atoms with Gasteiger partial charge in [0, 0.05) is 13.0 Å². The lowest BCUT2D eigenvalue weighted by Gasteiger charge is -2.40. The Bertz CT molecular complexity index is 331. The Morgan fingerprint density at radius 2 is 2.05 bits per heavy atom. The second kappa shape index (κ2) is 6.42. The van der Waals surface area contributed by atoms with Crippen molar-refractivity contribution in [2.75, 3.05) is 13.2 Å². The van der Waals surface area contributed by atoms with Gasteiger partial charge in [0.25, 0.3) is 0 Å². The average Bonchev–Trinajstić information content (AvgIpc) is 2.67. The van der Waals surface area contributed by atoms with Gasteiger partial charge >= 0.3 is 8.17 Å². The molecule has 2 aliphatic rings. The molecule has 118 valence electrons. The lowest BCUT2D eigenvalue weighted by atomic mass is 10.1. The molecule has 0 radical (unpaired) electrons. The van der Waals surface area contributed by atoms with Crippen molar-refractivity contribution in [2.24, 2.45) is 5.73 Å². The SMILES string of the molecule is NC1CCN(C2OC(CO[P+](O)(O)O)CC2O)C(O)N1. The van der Waals surface area contributed by atoms with Gasteiger partial charge in [0.15, 0.2) is 6.35 Å². The zero-order valence-corrected chi connectivity index (χ0v) is 11.6. The molecule has 5 atom stereocenters. The number of nitrogens with zero attached hydrogens (tertiary/aromatic N) is 1. The van der Waals surface area contributed by atoms with Crippen LogP contribution in [0.15, 0.2) is 0 Å². The van der Waals surface area contributed by atoms with Crippen LogP contribution in [0.2, 0.25) is 0 Å². The zero-order chi connectivity index (χ0) is 14.9. The molecule has 2 fully saturated rings. The van der Waals surface area contributed by atoms with Crippen LogP contribution < -0.4 is 11.1 Å². The molecule has 0 spiro atoms. The van der Waals surface area contributed by atoms with Crippen molar-refractivity contribution in [1.82, 2.24) is 10.2 Å². The van der Waals surface area contributed by atoms with Crippen molar-refractivity contribution in [3.63, 3.8) is 0 Å². The Hall–Kier alpha value is 0.0300. The topological polar surface area (TPSA) is 161 Å². The van der Waals surface area contributed by atoms with E-state index in [4.69, 9.17) is 25.2 Å². The van der Waals surface area contributed by atoms with E-state index in [0.29, 0.717) is 13.0 Å². The van der Waals surface area contributed by atoms with Gasteiger partial charge in [0.2, 0.25) is 0 Å². The third-order valence-electron chi connectivity index (χ3n) is 3.30. The summed E-state index contributed by atoms with van der Waals surface area (Å²) in [6.45, 7) is 0.184. The van der Waals surface area contributed by atoms with Gasteiger partial charge in [-0.25, -0.2) is 4.90 Å². The summed E-state index contributed by atoms with van der Waals surface area (Å²) in [5.74, 6) is 0. The van der Waals surface area contributed by atoms with Crippen LogP contribution in [0.1, 0.15) is 12.8 Å². The minimum atomic E-state index is -4.31. The third kappa shape index (κ3) is 4.26. The molecule has 10 nitrogen and oxygen atoms in total. The summed E-state index contributed by atoms with van der Waals surface area (Å²) < 4.78 is 9.97. The largest absolute Gasteiger partial charge is 0.567 e. The monoisotopic (exact) mass is 314 g/mol. The molecule has 0 aromatic heterocycles. The van der Waals surface area contributed by atoms with E-state index < -0.39 is 33.0 Å². The maximum Gasteiger partial charge on any atom is 0.567 e. The van der Waals surface area contributed by atoms with Gasteiger partial charge in [-0.05, 0) is 6.42 Å². The highest BCUT2D eigenvalue weighted by molar-refractivity contribution is 7.53. The summed E-state index contributed by atoms with van der Waals surface area (Å²) in [6, 6.07) is 0. The molecule has 0 saturated carbocycles. The molecule has 0 aromatic rings. The van der Waals surface area contributed by atoms with E-state index in [0.717, 1.165) is 0 Å². The van der Waals surface area contributed by atoms with Crippen molar-refractivity contribution in [3.8, 4) is 0 Å². The average molecular weight is 314 g/mol. The molecule has 2 rings (SSSR count). The number of hydrogen-bond donors (Lipinski definition) is 7. The summed E-state index contributed by atoms with van der Waals surface area (Å²) in [7, 11) is -4.31. The summed E-state index contributed by atoms with van der Waals surface area (Å²) in [5.41, 5.74) is 5.64. The van der Waals surface area contributed by atoms with Crippen molar-refractivity contribution in [2.45, 2.75) is 43.8 Å². The summed E-state index contributed by atoms with van der Waals surface area (Å²) in [5, 5.41) is 22.5. The summed E-state index contributed by atoms with van der Waals surface area (Å²) >= 11 is 0. The first kappa shape index (κ1) is 16.4. The van der Waals surface area contributed by atoms with Gasteiger partial charge in [-0.1, -0.05) is 0 Å². The highest BCUT2D eigenvalue weighted by atomic mass is 31.2. The lowest BCUT2D eigenvalue weighted by molar-refractivity contribution is -0.177. The van der Waals surface area contributed by atoms with Crippen LogP contribution in [0.5, 0.6) is 0 Å². The van der Waals surface area contributed by atoms with Crippen LogP contribution in [-0.2, 0) is 9.26 Å². The molecule has 5 unspecified atom stereocenters. The van der Waals surface area contributed by atoms with E-state index in [1.807, 2.05) is 0 Å². The van der Waals surface area contributed by atoms with Crippen molar-refractivity contribution in [3.05, 3.63) is 0 Å². The predicted octanol–water partition coefficient (Wildman–Crippen LogP) is -3.01. The fraction of sp³-hybridized carbons (Fsp3) is 1.00. The molecule has 11 heteroatoms. The molecular weight excluding hydrogens is 293 g/mol. The van der Waals surface area contributed by atoms with E-state index >= 15 is 0 Å². The maximum atomic E-state index is 9.95. The highest BCUT2D eigenvalue weighted by Gasteiger charge is 2.44. The number of aliphatic hydroxyl groups excluding tert-OH is 2. The first-order valence-corrected chi connectivity index (χ1v) is 7.83. The van der Waals surface area contributed by atoms with Gasteiger partial charge in [0.05, 0.1) is 18.4 Å². The fourth-order valence-electron chi connectivity index (χ4n) is 2.37. The molecule has 0 amide bonds. The third-order valence-corrected chi connectivity index (χ3v) is 3.80. The number of ether oxygens (including phenoxy) is 1. The van der Waals surface area contributed by atoms with Crippen LogP contribution in [0, 0.1) is 0 Å². The first-order chi connectivity index (χ1) is 9.26. The molecule has 8 N–H and O–H groups in total.